The predicted octanol–water partition coefficient (Wildman–Crippen LogP) is 0.878. The molecule has 2 rings (SSSR count). The molecule has 1 amide bonds. The summed E-state index contributed by atoms with van der Waals surface area (Å²) in [6.07, 6.45) is 1.20. The van der Waals surface area contributed by atoms with Crippen LogP contribution in [0, 0.1) is 0 Å². The molecule has 106 valence electrons. The van der Waals surface area contributed by atoms with Crippen molar-refractivity contribution >= 4 is 17.2 Å². The summed E-state index contributed by atoms with van der Waals surface area (Å²) in [6, 6.07) is 4.41. The number of amides is 1. The fourth-order valence-electron chi connectivity index (χ4n) is 2.51. The first-order valence-electron chi connectivity index (χ1n) is 6.62. The van der Waals surface area contributed by atoms with Crippen molar-refractivity contribution in [3.05, 3.63) is 21.9 Å². The summed E-state index contributed by atoms with van der Waals surface area (Å²) in [4.78, 5) is 18.2. The summed E-state index contributed by atoms with van der Waals surface area (Å²) in [7, 11) is 2.18. The molecular weight excluding hydrogens is 260 g/mol. The van der Waals surface area contributed by atoms with Crippen LogP contribution >= 0.6 is 11.3 Å². The fraction of sp³-hybridized carbons (Fsp3) is 0.615. The smallest absolute Gasteiger partial charge is 0.275 e. The number of nitrogens with two attached hydrogens (primary N) is 1. The van der Waals surface area contributed by atoms with Gasteiger partial charge in [-0.15, -0.1) is 11.3 Å². The normalized spacial score (nSPS) is 22.2. The molecule has 1 fully saturated rings. The van der Waals surface area contributed by atoms with E-state index in [0.717, 1.165) is 26.2 Å². The monoisotopic (exact) mass is 282 g/mol. The van der Waals surface area contributed by atoms with Crippen molar-refractivity contribution in [1.82, 2.24) is 15.2 Å². The maximum Gasteiger partial charge on any atom is 0.275 e. The van der Waals surface area contributed by atoms with Crippen LogP contribution in [-0.4, -0.2) is 48.4 Å². The molecule has 0 aromatic carbocycles. The minimum Gasteiger partial charge on any atom is -0.305 e. The van der Waals surface area contributed by atoms with Gasteiger partial charge in [-0.3, -0.25) is 15.1 Å². The van der Waals surface area contributed by atoms with E-state index in [1.54, 1.807) is 0 Å². The Balaban J connectivity index is 1.99. The van der Waals surface area contributed by atoms with Gasteiger partial charge in [0.15, 0.2) is 0 Å². The van der Waals surface area contributed by atoms with Gasteiger partial charge in [0, 0.05) is 30.6 Å². The lowest BCUT2D eigenvalue weighted by Crippen LogP contribution is -2.37. The van der Waals surface area contributed by atoms with Crippen molar-refractivity contribution in [3.8, 4) is 0 Å². The number of hydrogen-bond donors (Lipinski definition) is 2. The van der Waals surface area contributed by atoms with Crippen LogP contribution in [-0.2, 0) is 6.54 Å². The Hall–Kier alpha value is -0.950. The van der Waals surface area contributed by atoms with E-state index in [4.69, 9.17) is 5.84 Å². The minimum absolute atomic E-state index is 0.208. The highest BCUT2D eigenvalue weighted by Crippen LogP contribution is 2.20. The van der Waals surface area contributed by atoms with Crippen molar-refractivity contribution < 1.29 is 4.79 Å². The molecule has 0 saturated carbocycles. The number of hydrogen-bond acceptors (Lipinski definition) is 5. The van der Waals surface area contributed by atoms with Crippen molar-refractivity contribution in [1.29, 1.82) is 0 Å². The maximum atomic E-state index is 11.4. The third-order valence-corrected chi connectivity index (χ3v) is 4.63. The molecule has 1 saturated heterocycles. The molecule has 1 atom stereocenters. The van der Waals surface area contributed by atoms with Gasteiger partial charge in [-0.05, 0) is 39.1 Å². The van der Waals surface area contributed by atoms with Gasteiger partial charge in [-0.2, -0.15) is 0 Å². The van der Waals surface area contributed by atoms with E-state index >= 15 is 0 Å². The SMILES string of the molecule is CC1CN(C)CCCN1Cc1ccc(C(=O)NN)s1. The first-order valence-corrected chi connectivity index (χ1v) is 7.44. The molecule has 1 aliphatic heterocycles. The van der Waals surface area contributed by atoms with Gasteiger partial charge in [0.1, 0.15) is 0 Å². The lowest BCUT2D eigenvalue weighted by molar-refractivity contribution is 0.0957. The molecule has 0 bridgehead atoms. The Kier molecular flexibility index (Phi) is 4.93. The summed E-state index contributed by atoms with van der Waals surface area (Å²) in [5.41, 5.74) is 2.17. The third-order valence-electron chi connectivity index (χ3n) is 3.56. The summed E-state index contributed by atoms with van der Waals surface area (Å²) in [5.74, 6) is 4.94. The second-order valence-electron chi connectivity index (χ2n) is 5.17. The lowest BCUT2D eigenvalue weighted by Gasteiger charge is -2.27. The van der Waals surface area contributed by atoms with Gasteiger partial charge < -0.3 is 4.90 Å². The number of carbonyl (C=O) groups excluding carboxylic acids is 1. The summed E-state index contributed by atoms with van der Waals surface area (Å²) in [5, 5.41) is 0. The molecule has 3 N–H and O–H groups in total. The Morgan fingerprint density at radius 1 is 1.53 bits per heavy atom. The average Bonchev–Trinajstić information content (AvgIpc) is 2.78. The number of nitrogens with one attached hydrogen (secondary N) is 1. The number of carbonyl (C=O) groups is 1. The summed E-state index contributed by atoms with van der Waals surface area (Å²) < 4.78 is 0. The number of thiophene rings is 1. The van der Waals surface area contributed by atoms with Crippen LogP contribution in [0.5, 0.6) is 0 Å². The highest BCUT2D eigenvalue weighted by molar-refractivity contribution is 7.14. The van der Waals surface area contributed by atoms with Crippen molar-refractivity contribution in [2.75, 3.05) is 26.7 Å². The first-order chi connectivity index (χ1) is 9.10. The molecule has 19 heavy (non-hydrogen) atoms. The van der Waals surface area contributed by atoms with Crippen molar-refractivity contribution in [3.63, 3.8) is 0 Å². The highest BCUT2D eigenvalue weighted by Gasteiger charge is 2.20. The van der Waals surface area contributed by atoms with E-state index in [1.165, 1.54) is 22.6 Å². The van der Waals surface area contributed by atoms with Gasteiger partial charge in [0.25, 0.3) is 5.91 Å². The van der Waals surface area contributed by atoms with E-state index in [1.807, 2.05) is 12.1 Å². The van der Waals surface area contributed by atoms with E-state index in [2.05, 4.69) is 29.2 Å². The van der Waals surface area contributed by atoms with E-state index in [9.17, 15) is 4.79 Å². The molecule has 1 aliphatic rings. The molecule has 1 unspecified atom stereocenters. The average molecular weight is 282 g/mol. The van der Waals surface area contributed by atoms with Gasteiger partial charge in [0.05, 0.1) is 4.88 Å². The summed E-state index contributed by atoms with van der Waals surface area (Å²) >= 11 is 1.52. The third kappa shape index (κ3) is 3.76. The second kappa shape index (κ2) is 6.47. The lowest BCUT2D eigenvalue weighted by atomic mass is 10.2. The van der Waals surface area contributed by atoms with Crippen LogP contribution < -0.4 is 11.3 Å². The Bertz CT molecular complexity index is 434. The van der Waals surface area contributed by atoms with Crippen LogP contribution in [0.3, 0.4) is 0 Å². The number of nitrogens with zero attached hydrogens (tertiary/aromatic N) is 2. The van der Waals surface area contributed by atoms with Crippen LogP contribution in [0.1, 0.15) is 27.9 Å². The van der Waals surface area contributed by atoms with Gasteiger partial charge in [-0.25, -0.2) is 5.84 Å². The highest BCUT2D eigenvalue weighted by atomic mass is 32.1. The van der Waals surface area contributed by atoms with E-state index in [-0.39, 0.29) is 5.91 Å². The summed E-state index contributed by atoms with van der Waals surface area (Å²) in [6.45, 7) is 6.55. The molecular formula is C13H22N4OS. The van der Waals surface area contributed by atoms with Crippen molar-refractivity contribution in [2.24, 2.45) is 5.84 Å². The molecule has 0 radical (unpaired) electrons. The van der Waals surface area contributed by atoms with Crippen molar-refractivity contribution in [2.45, 2.75) is 25.9 Å². The van der Waals surface area contributed by atoms with Crippen LogP contribution in [0.2, 0.25) is 0 Å². The topological polar surface area (TPSA) is 61.6 Å². The number of hydrazine groups is 1. The Morgan fingerprint density at radius 2 is 2.32 bits per heavy atom. The van der Waals surface area contributed by atoms with E-state index < -0.39 is 0 Å². The standard InChI is InChI=1S/C13H22N4OS/c1-10-8-16(2)6-3-7-17(10)9-11-4-5-12(19-11)13(18)15-14/h4-5,10H,3,6-9,14H2,1-2H3,(H,15,18). The van der Waals surface area contributed by atoms with Crippen LogP contribution in [0.15, 0.2) is 12.1 Å². The molecule has 5 nitrogen and oxygen atoms in total. The maximum absolute atomic E-state index is 11.4. The van der Waals surface area contributed by atoms with Crippen LogP contribution in [0.4, 0.5) is 0 Å². The van der Waals surface area contributed by atoms with Gasteiger partial charge in [-0.1, -0.05) is 0 Å². The minimum atomic E-state index is -0.208. The number of likely N-dealkylation sites (N-methyl/N-ethyl adjacent to an activating group) is 1. The Labute approximate surface area is 118 Å². The zero-order valence-electron chi connectivity index (χ0n) is 11.6. The largest absolute Gasteiger partial charge is 0.305 e. The fourth-order valence-corrected chi connectivity index (χ4v) is 3.45. The van der Waals surface area contributed by atoms with E-state index in [0.29, 0.717) is 10.9 Å². The molecule has 0 spiro atoms. The number of rotatable bonds is 3. The quantitative estimate of drug-likeness (QED) is 0.491. The second-order valence-corrected chi connectivity index (χ2v) is 6.34. The first kappa shape index (κ1) is 14.5. The molecule has 2 heterocycles. The zero-order chi connectivity index (χ0) is 13.8. The Morgan fingerprint density at radius 3 is 3.05 bits per heavy atom. The molecule has 1 aromatic heterocycles. The van der Waals surface area contributed by atoms with Gasteiger partial charge in [0.2, 0.25) is 0 Å². The predicted molar refractivity (Wildman–Crippen MR) is 78.0 cm³/mol. The van der Waals surface area contributed by atoms with Crippen LogP contribution in [0.25, 0.3) is 0 Å². The molecule has 0 aliphatic carbocycles. The van der Waals surface area contributed by atoms with Gasteiger partial charge >= 0.3 is 0 Å². The zero-order valence-corrected chi connectivity index (χ0v) is 12.4. The molecule has 1 aromatic rings. The molecule has 6 heteroatoms. The number of nitrogen functional groups attached to an aromatic ring is 1.